The summed E-state index contributed by atoms with van der Waals surface area (Å²) in [5.74, 6) is 1.16. The number of aromatic nitrogens is 3. The molecule has 0 saturated carbocycles. The van der Waals surface area contributed by atoms with Crippen LogP contribution in [0.15, 0.2) is 33.9 Å². The second kappa shape index (κ2) is 8.02. The minimum absolute atomic E-state index is 0.273. The molecule has 0 aliphatic carbocycles. The highest BCUT2D eigenvalue weighted by atomic mass is 79.9. The zero-order valence-corrected chi connectivity index (χ0v) is 16.5. The van der Waals surface area contributed by atoms with Crippen LogP contribution in [0.2, 0.25) is 0 Å². The molecule has 0 aliphatic rings. The molecule has 0 spiro atoms. The third kappa shape index (κ3) is 4.73. The Bertz CT molecular complexity index is 701. The molecule has 0 atom stereocenters. The van der Waals surface area contributed by atoms with Crippen LogP contribution in [-0.2, 0) is 23.2 Å². The molecule has 2 rings (SSSR count). The lowest BCUT2D eigenvalue weighted by atomic mass is 10.2. The molecule has 0 amide bonds. The van der Waals surface area contributed by atoms with Gasteiger partial charge in [0.15, 0.2) is 11.0 Å². The summed E-state index contributed by atoms with van der Waals surface area (Å²) in [6.07, 6.45) is 0. The Hall–Kier alpha value is -1.54. The van der Waals surface area contributed by atoms with E-state index in [-0.39, 0.29) is 5.97 Å². The predicted molar refractivity (Wildman–Crippen MR) is 96.0 cm³/mol. The standard InChI is InChI=1S/C16H20BrN3O3S/c1-5-22-14(21)16(2,3)24-15-19-18-13(20(15)4)10-23-12-8-6-11(17)7-9-12/h6-9H,5,10H2,1-4H3. The van der Waals surface area contributed by atoms with E-state index in [0.29, 0.717) is 24.2 Å². The summed E-state index contributed by atoms with van der Waals surface area (Å²) >= 11 is 4.70. The molecule has 6 nitrogen and oxygen atoms in total. The van der Waals surface area contributed by atoms with E-state index in [1.165, 1.54) is 11.8 Å². The Kier molecular flexibility index (Phi) is 6.28. The number of rotatable bonds is 7. The lowest BCUT2D eigenvalue weighted by Gasteiger charge is -2.20. The summed E-state index contributed by atoms with van der Waals surface area (Å²) in [4.78, 5) is 12.0. The third-order valence-electron chi connectivity index (χ3n) is 3.22. The molecule has 0 radical (unpaired) electrons. The maximum atomic E-state index is 12.0. The highest BCUT2D eigenvalue weighted by Gasteiger charge is 2.32. The second-order valence-electron chi connectivity index (χ2n) is 5.53. The molecule has 0 bridgehead atoms. The maximum Gasteiger partial charge on any atom is 0.322 e. The number of carbonyl (C=O) groups is 1. The fraction of sp³-hybridized carbons (Fsp3) is 0.438. The molecule has 24 heavy (non-hydrogen) atoms. The molecule has 0 fully saturated rings. The summed E-state index contributed by atoms with van der Waals surface area (Å²) < 4.78 is 12.9. The maximum absolute atomic E-state index is 12.0. The summed E-state index contributed by atoms with van der Waals surface area (Å²) in [6, 6.07) is 7.57. The number of benzene rings is 1. The minimum Gasteiger partial charge on any atom is -0.486 e. The molecule has 1 aromatic heterocycles. The summed E-state index contributed by atoms with van der Waals surface area (Å²) in [7, 11) is 1.85. The van der Waals surface area contributed by atoms with Crippen molar-refractivity contribution < 1.29 is 14.3 Å². The van der Waals surface area contributed by atoms with Crippen LogP contribution >= 0.6 is 27.7 Å². The van der Waals surface area contributed by atoms with Crippen LogP contribution in [0.3, 0.4) is 0 Å². The number of hydrogen-bond donors (Lipinski definition) is 0. The summed E-state index contributed by atoms with van der Waals surface area (Å²) in [5, 5.41) is 8.94. The minimum atomic E-state index is -0.735. The largest absolute Gasteiger partial charge is 0.486 e. The monoisotopic (exact) mass is 413 g/mol. The number of hydrogen-bond acceptors (Lipinski definition) is 6. The van der Waals surface area contributed by atoms with Gasteiger partial charge >= 0.3 is 5.97 Å². The van der Waals surface area contributed by atoms with Crippen LogP contribution in [0, 0.1) is 0 Å². The van der Waals surface area contributed by atoms with Crippen LogP contribution in [0.1, 0.15) is 26.6 Å². The molecule has 0 N–H and O–H groups in total. The number of carbonyl (C=O) groups excluding carboxylic acids is 1. The van der Waals surface area contributed by atoms with Crippen LogP contribution in [0.5, 0.6) is 5.75 Å². The summed E-state index contributed by atoms with van der Waals surface area (Å²) in [6.45, 7) is 6.06. The smallest absolute Gasteiger partial charge is 0.322 e. The first-order chi connectivity index (χ1) is 11.3. The fourth-order valence-electron chi connectivity index (χ4n) is 1.81. The summed E-state index contributed by atoms with van der Waals surface area (Å²) in [5.41, 5.74) is 0. The molecule has 2 aromatic rings. The zero-order valence-electron chi connectivity index (χ0n) is 14.1. The fourth-order valence-corrected chi connectivity index (χ4v) is 3.00. The van der Waals surface area contributed by atoms with Crippen molar-refractivity contribution in [1.82, 2.24) is 14.8 Å². The van der Waals surface area contributed by atoms with Crippen molar-refractivity contribution in [3.63, 3.8) is 0 Å². The Morgan fingerprint density at radius 1 is 1.29 bits per heavy atom. The van der Waals surface area contributed by atoms with Crippen molar-refractivity contribution in [2.24, 2.45) is 7.05 Å². The lowest BCUT2D eigenvalue weighted by molar-refractivity contribution is -0.145. The second-order valence-corrected chi connectivity index (χ2v) is 8.04. The lowest BCUT2D eigenvalue weighted by Crippen LogP contribution is -2.30. The highest BCUT2D eigenvalue weighted by Crippen LogP contribution is 2.32. The van der Waals surface area contributed by atoms with Gasteiger partial charge in [0.2, 0.25) is 0 Å². The first-order valence-corrected chi connectivity index (χ1v) is 9.07. The average molecular weight is 414 g/mol. The Balaban J connectivity index is 2.02. The van der Waals surface area contributed by atoms with E-state index in [4.69, 9.17) is 9.47 Å². The number of halogens is 1. The van der Waals surface area contributed by atoms with Gasteiger partial charge in [0.05, 0.1) is 6.61 Å². The van der Waals surface area contributed by atoms with Gasteiger partial charge in [0.1, 0.15) is 17.1 Å². The Morgan fingerprint density at radius 3 is 2.58 bits per heavy atom. The number of esters is 1. The van der Waals surface area contributed by atoms with Gasteiger partial charge in [-0.25, -0.2) is 0 Å². The van der Waals surface area contributed by atoms with E-state index in [0.717, 1.165) is 10.2 Å². The first-order valence-electron chi connectivity index (χ1n) is 7.46. The van der Waals surface area contributed by atoms with Crippen molar-refractivity contribution in [2.45, 2.75) is 37.3 Å². The van der Waals surface area contributed by atoms with E-state index < -0.39 is 4.75 Å². The first kappa shape index (κ1) is 18.8. The van der Waals surface area contributed by atoms with E-state index in [1.54, 1.807) is 6.92 Å². The van der Waals surface area contributed by atoms with Crippen LogP contribution in [0.25, 0.3) is 0 Å². The van der Waals surface area contributed by atoms with Crippen LogP contribution in [-0.4, -0.2) is 32.1 Å². The van der Waals surface area contributed by atoms with Gasteiger partial charge in [-0.2, -0.15) is 0 Å². The predicted octanol–water partition coefficient (Wildman–Crippen LogP) is 3.59. The van der Waals surface area contributed by atoms with Gasteiger partial charge in [-0.1, -0.05) is 27.7 Å². The van der Waals surface area contributed by atoms with Gasteiger partial charge in [-0.15, -0.1) is 10.2 Å². The van der Waals surface area contributed by atoms with Crippen molar-refractivity contribution in [3.8, 4) is 5.75 Å². The van der Waals surface area contributed by atoms with E-state index >= 15 is 0 Å². The molecule has 8 heteroatoms. The molecule has 0 aliphatic heterocycles. The molecule has 1 aromatic carbocycles. The SMILES string of the molecule is CCOC(=O)C(C)(C)Sc1nnc(COc2ccc(Br)cc2)n1C. The van der Waals surface area contributed by atoms with Crippen molar-refractivity contribution >= 4 is 33.7 Å². The molecular formula is C16H20BrN3O3S. The van der Waals surface area contributed by atoms with E-state index in [2.05, 4.69) is 26.1 Å². The number of ether oxygens (including phenoxy) is 2. The van der Waals surface area contributed by atoms with Crippen molar-refractivity contribution in [1.29, 1.82) is 0 Å². The number of thioether (sulfide) groups is 1. The Labute approximate surface area is 154 Å². The molecule has 0 saturated heterocycles. The Morgan fingerprint density at radius 2 is 1.96 bits per heavy atom. The molecule has 130 valence electrons. The quantitative estimate of drug-likeness (QED) is 0.510. The van der Waals surface area contributed by atoms with E-state index in [1.807, 2.05) is 49.7 Å². The highest BCUT2D eigenvalue weighted by molar-refractivity contribution is 9.10. The number of nitrogens with zero attached hydrogens (tertiary/aromatic N) is 3. The van der Waals surface area contributed by atoms with E-state index in [9.17, 15) is 4.79 Å². The average Bonchev–Trinajstić information content (AvgIpc) is 2.87. The van der Waals surface area contributed by atoms with Gasteiger partial charge in [-0.3, -0.25) is 4.79 Å². The normalized spacial score (nSPS) is 11.4. The molecular weight excluding hydrogens is 394 g/mol. The van der Waals surface area contributed by atoms with Crippen molar-refractivity contribution in [2.75, 3.05) is 6.61 Å². The third-order valence-corrected chi connectivity index (χ3v) is 4.96. The van der Waals surface area contributed by atoms with Gasteiger partial charge in [0, 0.05) is 11.5 Å². The van der Waals surface area contributed by atoms with Crippen LogP contribution in [0.4, 0.5) is 0 Å². The van der Waals surface area contributed by atoms with Gasteiger partial charge in [0.25, 0.3) is 0 Å². The van der Waals surface area contributed by atoms with Crippen molar-refractivity contribution in [3.05, 3.63) is 34.6 Å². The topological polar surface area (TPSA) is 66.2 Å². The van der Waals surface area contributed by atoms with Gasteiger partial charge < -0.3 is 14.0 Å². The van der Waals surface area contributed by atoms with Gasteiger partial charge in [-0.05, 0) is 45.0 Å². The molecule has 0 unspecified atom stereocenters. The molecule has 1 heterocycles. The van der Waals surface area contributed by atoms with Crippen LogP contribution < -0.4 is 4.74 Å². The zero-order chi connectivity index (χ0) is 17.7.